The minimum Gasteiger partial charge on any atom is -0.377 e. The van der Waals surface area contributed by atoms with Crippen molar-refractivity contribution >= 4 is 28.9 Å². The van der Waals surface area contributed by atoms with Crippen molar-refractivity contribution in [3.05, 3.63) is 76.6 Å². The van der Waals surface area contributed by atoms with E-state index in [0.717, 1.165) is 0 Å². The van der Waals surface area contributed by atoms with Crippen LogP contribution in [0, 0.1) is 11.6 Å². The number of hydrogen-bond acceptors (Lipinski definition) is 3. The molecule has 1 aliphatic heterocycles. The van der Waals surface area contributed by atoms with E-state index in [0.29, 0.717) is 23.6 Å². The maximum Gasteiger partial charge on any atom is 0.276 e. The van der Waals surface area contributed by atoms with E-state index in [-0.39, 0.29) is 35.0 Å². The highest BCUT2D eigenvalue weighted by atomic mass is 35.5. The first kappa shape index (κ1) is 18.4. The van der Waals surface area contributed by atoms with E-state index in [1.54, 1.807) is 39.9 Å². The van der Waals surface area contributed by atoms with Gasteiger partial charge in [0.05, 0.1) is 29.0 Å². The van der Waals surface area contributed by atoms with Crippen molar-refractivity contribution in [3.8, 4) is 0 Å². The molecule has 0 saturated carbocycles. The van der Waals surface area contributed by atoms with Crippen molar-refractivity contribution in [1.29, 1.82) is 0 Å². The van der Waals surface area contributed by atoms with E-state index in [1.165, 1.54) is 18.2 Å². The van der Waals surface area contributed by atoms with Crippen LogP contribution in [0.4, 0.5) is 20.2 Å². The summed E-state index contributed by atoms with van der Waals surface area (Å²) in [4.78, 5) is 14.5. The molecule has 1 amide bonds. The number of halogens is 3. The van der Waals surface area contributed by atoms with Gasteiger partial charge in [0.25, 0.3) is 5.91 Å². The van der Waals surface area contributed by atoms with Gasteiger partial charge in [-0.2, -0.15) is 5.10 Å². The second-order valence-electron chi connectivity index (χ2n) is 6.66. The van der Waals surface area contributed by atoms with Crippen LogP contribution in [0.2, 0.25) is 5.02 Å². The van der Waals surface area contributed by atoms with E-state index in [4.69, 9.17) is 11.6 Å². The van der Waals surface area contributed by atoms with E-state index < -0.39 is 5.82 Å². The summed E-state index contributed by atoms with van der Waals surface area (Å²) < 4.78 is 28.9. The number of carbonyl (C=O) groups is 1. The average molecular weight is 403 g/mol. The monoisotopic (exact) mass is 402 g/mol. The first-order valence-corrected chi connectivity index (χ1v) is 9.15. The Morgan fingerprint density at radius 3 is 2.71 bits per heavy atom. The molecule has 1 aliphatic rings. The number of benzene rings is 2. The Bertz CT molecular complexity index is 1040. The Balaban J connectivity index is 1.56. The largest absolute Gasteiger partial charge is 0.377 e. The Morgan fingerprint density at radius 1 is 1.21 bits per heavy atom. The molecular weight excluding hydrogens is 386 g/mol. The molecule has 2 aromatic carbocycles. The van der Waals surface area contributed by atoms with E-state index >= 15 is 0 Å². The van der Waals surface area contributed by atoms with E-state index in [2.05, 4.69) is 10.4 Å². The molecule has 0 aliphatic carbocycles. The minimum absolute atomic E-state index is 0.0351. The van der Waals surface area contributed by atoms with Crippen LogP contribution in [0.3, 0.4) is 0 Å². The molecule has 1 aromatic heterocycles. The van der Waals surface area contributed by atoms with Gasteiger partial charge in [-0.15, -0.1) is 0 Å². The van der Waals surface area contributed by atoms with E-state index in [1.807, 2.05) is 6.92 Å². The van der Waals surface area contributed by atoms with Gasteiger partial charge in [-0.3, -0.25) is 9.48 Å². The summed E-state index contributed by atoms with van der Waals surface area (Å²) in [6.07, 6.45) is 0. The fraction of sp³-hybridized carbons (Fsp3) is 0.200. The summed E-state index contributed by atoms with van der Waals surface area (Å²) in [6.45, 7) is 2.62. The number of fused-ring (bicyclic) bond motifs is 1. The Kier molecular flexibility index (Phi) is 4.77. The zero-order chi connectivity index (χ0) is 19.8. The Hall–Kier alpha value is -2.93. The highest BCUT2D eigenvalue weighted by molar-refractivity contribution is 6.31. The van der Waals surface area contributed by atoms with Gasteiger partial charge < -0.3 is 10.2 Å². The van der Waals surface area contributed by atoms with Gasteiger partial charge >= 0.3 is 0 Å². The number of nitrogens with one attached hydrogen (secondary N) is 1. The number of aromatic nitrogens is 2. The lowest BCUT2D eigenvalue weighted by molar-refractivity contribution is 0.0953. The zero-order valence-corrected chi connectivity index (χ0v) is 15.8. The molecule has 1 atom stereocenters. The standard InChI is InChI=1S/C20H17ClF2N4O/c1-12-11-26(15-7-5-13(22)6-8-15)20(28)18-9-14(25-27(12)18)10-24-17-4-2-3-16(21)19(17)23/h2-9,12,24H,10-11H2,1H3/t12-/m1/s1. The summed E-state index contributed by atoms with van der Waals surface area (Å²) in [5.74, 6) is -1.09. The number of rotatable bonds is 4. The second kappa shape index (κ2) is 7.24. The lowest BCUT2D eigenvalue weighted by Gasteiger charge is -2.31. The molecule has 4 rings (SSSR count). The number of hydrogen-bond donors (Lipinski definition) is 1. The minimum atomic E-state index is -0.528. The van der Waals surface area contributed by atoms with Crippen LogP contribution in [0.5, 0.6) is 0 Å². The van der Waals surface area contributed by atoms with Crippen LogP contribution in [0.25, 0.3) is 0 Å². The number of amides is 1. The fourth-order valence-electron chi connectivity index (χ4n) is 3.26. The number of nitrogens with zero attached hydrogens (tertiary/aromatic N) is 3. The van der Waals surface area contributed by atoms with Gasteiger partial charge in [-0.05, 0) is 49.4 Å². The van der Waals surface area contributed by atoms with Gasteiger partial charge in [0.2, 0.25) is 0 Å². The first-order chi connectivity index (χ1) is 13.4. The predicted molar refractivity (Wildman–Crippen MR) is 104 cm³/mol. The molecule has 5 nitrogen and oxygen atoms in total. The van der Waals surface area contributed by atoms with Gasteiger partial charge in [-0.25, -0.2) is 8.78 Å². The summed E-state index contributed by atoms with van der Waals surface area (Å²) in [7, 11) is 0. The smallest absolute Gasteiger partial charge is 0.276 e. The number of anilines is 2. The lowest BCUT2D eigenvalue weighted by Crippen LogP contribution is -2.42. The Labute approximate surface area is 165 Å². The molecule has 8 heteroatoms. The third-order valence-corrected chi connectivity index (χ3v) is 4.96. The average Bonchev–Trinajstić information content (AvgIpc) is 3.12. The maximum atomic E-state index is 14.0. The molecular formula is C20H17ClF2N4O. The summed E-state index contributed by atoms with van der Waals surface area (Å²) in [5, 5.41) is 7.47. The molecule has 0 bridgehead atoms. The highest BCUT2D eigenvalue weighted by Crippen LogP contribution is 2.27. The van der Waals surface area contributed by atoms with Crippen molar-refractivity contribution in [2.24, 2.45) is 0 Å². The topological polar surface area (TPSA) is 50.2 Å². The summed E-state index contributed by atoms with van der Waals surface area (Å²) in [6, 6.07) is 12.1. The summed E-state index contributed by atoms with van der Waals surface area (Å²) in [5.41, 5.74) is 1.94. The second-order valence-corrected chi connectivity index (χ2v) is 7.07. The van der Waals surface area contributed by atoms with Crippen LogP contribution in [0.15, 0.2) is 48.5 Å². The van der Waals surface area contributed by atoms with Gasteiger partial charge in [0.1, 0.15) is 11.5 Å². The fourth-order valence-corrected chi connectivity index (χ4v) is 3.43. The summed E-state index contributed by atoms with van der Waals surface area (Å²) >= 11 is 5.79. The lowest BCUT2D eigenvalue weighted by atomic mass is 10.1. The molecule has 0 saturated heterocycles. The molecule has 0 unspecified atom stereocenters. The Morgan fingerprint density at radius 2 is 1.96 bits per heavy atom. The van der Waals surface area contributed by atoms with Gasteiger partial charge in [-0.1, -0.05) is 17.7 Å². The van der Waals surface area contributed by atoms with Crippen LogP contribution in [-0.4, -0.2) is 22.2 Å². The SMILES string of the molecule is C[C@@H]1CN(c2ccc(F)cc2)C(=O)c2cc(CNc3cccc(Cl)c3F)nn21. The van der Waals surface area contributed by atoms with Crippen molar-refractivity contribution in [2.45, 2.75) is 19.5 Å². The van der Waals surface area contributed by atoms with Crippen molar-refractivity contribution in [3.63, 3.8) is 0 Å². The predicted octanol–water partition coefficient (Wildman–Crippen LogP) is 4.65. The van der Waals surface area contributed by atoms with Crippen LogP contribution < -0.4 is 10.2 Å². The van der Waals surface area contributed by atoms with Crippen LogP contribution in [-0.2, 0) is 6.54 Å². The van der Waals surface area contributed by atoms with Crippen molar-refractivity contribution in [1.82, 2.24) is 9.78 Å². The highest BCUT2D eigenvalue weighted by Gasteiger charge is 2.31. The van der Waals surface area contributed by atoms with Crippen molar-refractivity contribution in [2.75, 3.05) is 16.8 Å². The van der Waals surface area contributed by atoms with Gasteiger partial charge in [0.15, 0.2) is 5.82 Å². The third kappa shape index (κ3) is 3.33. The molecule has 2 heterocycles. The van der Waals surface area contributed by atoms with Gasteiger partial charge in [0, 0.05) is 12.2 Å². The molecule has 3 aromatic rings. The zero-order valence-electron chi connectivity index (χ0n) is 15.0. The molecule has 28 heavy (non-hydrogen) atoms. The first-order valence-electron chi connectivity index (χ1n) is 8.78. The quantitative estimate of drug-likeness (QED) is 0.691. The third-order valence-electron chi connectivity index (χ3n) is 4.66. The van der Waals surface area contributed by atoms with Crippen molar-refractivity contribution < 1.29 is 13.6 Å². The molecule has 0 spiro atoms. The normalized spacial score (nSPS) is 16.2. The van der Waals surface area contributed by atoms with Crippen LogP contribution >= 0.6 is 11.6 Å². The van der Waals surface area contributed by atoms with E-state index in [9.17, 15) is 13.6 Å². The molecule has 144 valence electrons. The molecule has 0 radical (unpaired) electrons. The molecule has 1 N–H and O–H groups in total. The maximum absolute atomic E-state index is 14.0. The number of carbonyl (C=O) groups excluding carboxylic acids is 1. The molecule has 0 fully saturated rings. The van der Waals surface area contributed by atoms with Crippen LogP contribution in [0.1, 0.15) is 29.1 Å².